The summed E-state index contributed by atoms with van der Waals surface area (Å²) in [6.07, 6.45) is 9.57. The van der Waals surface area contributed by atoms with Gasteiger partial charge in [0.25, 0.3) is 0 Å². The van der Waals surface area contributed by atoms with Gasteiger partial charge in [-0.3, -0.25) is 4.79 Å². The fourth-order valence-corrected chi connectivity index (χ4v) is 2.29. The molecule has 1 aromatic heterocycles. The van der Waals surface area contributed by atoms with Crippen molar-refractivity contribution in [2.45, 2.75) is 32.6 Å². The second kappa shape index (κ2) is 5.05. The SMILES string of the molecule is CC(C(=O)Nc1cncnc1)C1CCCC1. The Morgan fingerprint density at radius 3 is 2.62 bits per heavy atom. The van der Waals surface area contributed by atoms with E-state index in [1.165, 1.54) is 32.0 Å². The molecule has 16 heavy (non-hydrogen) atoms. The first-order chi connectivity index (χ1) is 7.77. The number of hydrogen-bond acceptors (Lipinski definition) is 3. The van der Waals surface area contributed by atoms with E-state index in [0.29, 0.717) is 11.6 Å². The van der Waals surface area contributed by atoms with E-state index in [1.807, 2.05) is 6.92 Å². The van der Waals surface area contributed by atoms with E-state index in [1.54, 1.807) is 12.4 Å². The lowest BCUT2D eigenvalue weighted by Crippen LogP contribution is -2.25. The van der Waals surface area contributed by atoms with E-state index >= 15 is 0 Å². The standard InChI is InChI=1S/C12H17N3O/c1-9(10-4-2-3-5-10)12(16)15-11-6-13-8-14-7-11/h6-10H,2-5H2,1H3,(H,15,16). The number of nitrogens with zero attached hydrogens (tertiary/aromatic N) is 2. The minimum Gasteiger partial charge on any atom is -0.323 e. The second-order valence-corrected chi connectivity index (χ2v) is 4.45. The molecule has 86 valence electrons. The molecule has 1 fully saturated rings. The Hall–Kier alpha value is -1.45. The van der Waals surface area contributed by atoms with Crippen LogP contribution in [0.2, 0.25) is 0 Å². The molecule has 1 saturated carbocycles. The fraction of sp³-hybridized carbons (Fsp3) is 0.583. The van der Waals surface area contributed by atoms with E-state index in [4.69, 9.17) is 0 Å². The van der Waals surface area contributed by atoms with Crippen molar-refractivity contribution in [3.05, 3.63) is 18.7 Å². The van der Waals surface area contributed by atoms with Crippen LogP contribution in [-0.2, 0) is 4.79 Å². The number of carbonyl (C=O) groups excluding carboxylic acids is 1. The summed E-state index contributed by atoms with van der Waals surface area (Å²) < 4.78 is 0. The van der Waals surface area contributed by atoms with Gasteiger partial charge < -0.3 is 5.32 Å². The van der Waals surface area contributed by atoms with Crippen LogP contribution in [0, 0.1) is 11.8 Å². The highest BCUT2D eigenvalue weighted by molar-refractivity contribution is 5.92. The normalized spacial score (nSPS) is 18.3. The van der Waals surface area contributed by atoms with Crippen molar-refractivity contribution in [2.75, 3.05) is 5.32 Å². The van der Waals surface area contributed by atoms with Crippen molar-refractivity contribution in [3.8, 4) is 0 Å². The molecular weight excluding hydrogens is 202 g/mol. The predicted octanol–water partition coefficient (Wildman–Crippen LogP) is 2.24. The minimum absolute atomic E-state index is 0.0849. The number of rotatable bonds is 3. The van der Waals surface area contributed by atoms with Gasteiger partial charge in [-0.2, -0.15) is 0 Å². The highest BCUT2D eigenvalue weighted by atomic mass is 16.1. The van der Waals surface area contributed by atoms with Crippen molar-refractivity contribution in [1.82, 2.24) is 9.97 Å². The van der Waals surface area contributed by atoms with Crippen LogP contribution in [0.5, 0.6) is 0 Å². The van der Waals surface area contributed by atoms with Crippen LogP contribution in [0.4, 0.5) is 5.69 Å². The van der Waals surface area contributed by atoms with E-state index in [0.717, 1.165) is 0 Å². The van der Waals surface area contributed by atoms with Gasteiger partial charge in [0.2, 0.25) is 5.91 Å². The smallest absolute Gasteiger partial charge is 0.227 e. The van der Waals surface area contributed by atoms with Crippen molar-refractivity contribution in [2.24, 2.45) is 11.8 Å². The van der Waals surface area contributed by atoms with Gasteiger partial charge in [0.15, 0.2) is 0 Å². The molecule has 1 aromatic rings. The van der Waals surface area contributed by atoms with Crippen LogP contribution in [0.3, 0.4) is 0 Å². The van der Waals surface area contributed by atoms with Gasteiger partial charge in [-0.25, -0.2) is 9.97 Å². The lowest BCUT2D eigenvalue weighted by Gasteiger charge is -2.17. The van der Waals surface area contributed by atoms with E-state index in [9.17, 15) is 4.79 Å². The first-order valence-electron chi connectivity index (χ1n) is 5.83. The first kappa shape index (κ1) is 11.0. The highest BCUT2D eigenvalue weighted by Gasteiger charge is 2.26. The Balaban J connectivity index is 1.92. The quantitative estimate of drug-likeness (QED) is 0.848. The Morgan fingerprint density at radius 1 is 1.38 bits per heavy atom. The molecule has 0 saturated heterocycles. The summed E-state index contributed by atoms with van der Waals surface area (Å²) in [6.45, 7) is 2.01. The second-order valence-electron chi connectivity index (χ2n) is 4.45. The van der Waals surface area contributed by atoms with Gasteiger partial charge in [0.05, 0.1) is 18.1 Å². The molecule has 1 amide bonds. The third kappa shape index (κ3) is 2.56. The van der Waals surface area contributed by atoms with Crippen LogP contribution < -0.4 is 5.32 Å². The lowest BCUT2D eigenvalue weighted by molar-refractivity contribution is -0.120. The van der Waals surface area contributed by atoms with Gasteiger partial charge >= 0.3 is 0 Å². The lowest BCUT2D eigenvalue weighted by atomic mass is 9.92. The zero-order valence-electron chi connectivity index (χ0n) is 9.52. The Bertz CT molecular complexity index is 347. The predicted molar refractivity (Wildman–Crippen MR) is 61.8 cm³/mol. The zero-order valence-corrected chi connectivity index (χ0v) is 9.52. The molecule has 0 bridgehead atoms. The van der Waals surface area contributed by atoms with Crippen molar-refractivity contribution in [1.29, 1.82) is 0 Å². The monoisotopic (exact) mass is 219 g/mol. The maximum Gasteiger partial charge on any atom is 0.227 e. The van der Waals surface area contributed by atoms with Crippen molar-refractivity contribution in [3.63, 3.8) is 0 Å². The Morgan fingerprint density at radius 2 is 2.00 bits per heavy atom. The molecular formula is C12H17N3O. The fourth-order valence-electron chi connectivity index (χ4n) is 2.29. The molecule has 1 N–H and O–H groups in total. The minimum atomic E-state index is 0.0849. The summed E-state index contributed by atoms with van der Waals surface area (Å²) in [7, 11) is 0. The maximum atomic E-state index is 11.9. The zero-order chi connectivity index (χ0) is 11.4. The number of amides is 1. The van der Waals surface area contributed by atoms with Crippen LogP contribution in [0.25, 0.3) is 0 Å². The van der Waals surface area contributed by atoms with E-state index in [-0.39, 0.29) is 11.8 Å². The summed E-state index contributed by atoms with van der Waals surface area (Å²) in [6, 6.07) is 0. The molecule has 0 aliphatic heterocycles. The van der Waals surface area contributed by atoms with Crippen molar-refractivity contribution >= 4 is 11.6 Å². The summed E-state index contributed by atoms with van der Waals surface area (Å²) in [4.78, 5) is 19.7. The maximum absolute atomic E-state index is 11.9. The molecule has 1 aliphatic rings. The first-order valence-corrected chi connectivity index (χ1v) is 5.83. The largest absolute Gasteiger partial charge is 0.323 e. The molecule has 1 aliphatic carbocycles. The number of anilines is 1. The average molecular weight is 219 g/mol. The average Bonchev–Trinajstić information content (AvgIpc) is 2.83. The Kier molecular flexibility index (Phi) is 3.49. The summed E-state index contributed by atoms with van der Waals surface area (Å²) in [5.41, 5.74) is 0.678. The molecule has 1 atom stereocenters. The molecule has 0 spiro atoms. The molecule has 0 aromatic carbocycles. The number of nitrogens with one attached hydrogen (secondary N) is 1. The van der Waals surface area contributed by atoms with Crippen LogP contribution in [0.1, 0.15) is 32.6 Å². The Labute approximate surface area is 95.5 Å². The molecule has 1 unspecified atom stereocenters. The third-order valence-corrected chi connectivity index (χ3v) is 3.35. The van der Waals surface area contributed by atoms with Gasteiger partial charge in [0, 0.05) is 5.92 Å². The van der Waals surface area contributed by atoms with Gasteiger partial charge in [-0.1, -0.05) is 19.8 Å². The van der Waals surface area contributed by atoms with Crippen LogP contribution in [0.15, 0.2) is 18.7 Å². The third-order valence-electron chi connectivity index (χ3n) is 3.35. The van der Waals surface area contributed by atoms with Crippen molar-refractivity contribution < 1.29 is 4.79 Å². The number of aromatic nitrogens is 2. The van der Waals surface area contributed by atoms with Gasteiger partial charge in [0.1, 0.15) is 6.33 Å². The van der Waals surface area contributed by atoms with E-state index in [2.05, 4.69) is 15.3 Å². The molecule has 4 heteroatoms. The van der Waals surface area contributed by atoms with Crippen LogP contribution >= 0.6 is 0 Å². The number of carbonyl (C=O) groups is 1. The molecule has 1 heterocycles. The molecule has 0 radical (unpaired) electrons. The number of hydrogen-bond donors (Lipinski definition) is 1. The highest BCUT2D eigenvalue weighted by Crippen LogP contribution is 2.31. The summed E-state index contributed by atoms with van der Waals surface area (Å²) in [5.74, 6) is 0.717. The molecule has 4 nitrogen and oxygen atoms in total. The van der Waals surface area contributed by atoms with Crippen LogP contribution in [-0.4, -0.2) is 15.9 Å². The van der Waals surface area contributed by atoms with E-state index < -0.39 is 0 Å². The van der Waals surface area contributed by atoms with Gasteiger partial charge in [-0.05, 0) is 18.8 Å². The topological polar surface area (TPSA) is 54.9 Å². The van der Waals surface area contributed by atoms with Gasteiger partial charge in [-0.15, -0.1) is 0 Å². The summed E-state index contributed by atoms with van der Waals surface area (Å²) >= 11 is 0. The summed E-state index contributed by atoms with van der Waals surface area (Å²) in [5, 5.41) is 2.85. The molecule has 2 rings (SSSR count).